The Kier molecular flexibility index (Phi) is 2.38. The Bertz CT molecular complexity index is 259. The van der Waals surface area contributed by atoms with Crippen molar-refractivity contribution in [2.45, 2.75) is 0 Å². The van der Waals surface area contributed by atoms with Gasteiger partial charge < -0.3 is 15.4 Å². The molecule has 0 saturated heterocycles. The van der Waals surface area contributed by atoms with Gasteiger partial charge in [-0.05, 0) is 6.07 Å². The Morgan fingerprint density at radius 2 is 2.55 bits per heavy atom. The minimum atomic E-state index is -0.907. The van der Waals surface area contributed by atoms with Gasteiger partial charge in [-0.15, -0.1) is 0 Å². The fraction of sp³-hybridized carbons (Fsp3) is 0.167. The highest BCUT2D eigenvalue weighted by Crippen LogP contribution is 2.12. The number of anilines is 1. The summed E-state index contributed by atoms with van der Waals surface area (Å²) in [5, 5.41) is 11.5. The number of hydrogen-bond acceptors (Lipinski definition) is 2. The molecule has 3 N–H and O–H groups in total. The first-order chi connectivity index (χ1) is 5.18. The number of H-pyrrole nitrogens is 1. The summed E-state index contributed by atoms with van der Waals surface area (Å²) in [6.07, 6.45) is 1.58. The summed E-state index contributed by atoms with van der Waals surface area (Å²) in [5.41, 5.74) is 0. The SMILES string of the molecule is O=C(O)CNc1cc(Cl)c[nH]1. The van der Waals surface area contributed by atoms with Crippen LogP contribution in [0.15, 0.2) is 12.3 Å². The van der Waals surface area contributed by atoms with E-state index in [1.807, 2.05) is 0 Å². The number of nitrogens with one attached hydrogen (secondary N) is 2. The topological polar surface area (TPSA) is 65.1 Å². The van der Waals surface area contributed by atoms with Crippen LogP contribution < -0.4 is 5.32 Å². The van der Waals surface area contributed by atoms with E-state index < -0.39 is 5.97 Å². The van der Waals surface area contributed by atoms with Crippen molar-refractivity contribution in [1.82, 2.24) is 4.98 Å². The summed E-state index contributed by atoms with van der Waals surface area (Å²) < 4.78 is 0. The molecular formula is C6H7ClN2O2. The van der Waals surface area contributed by atoms with E-state index in [2.05, 4.69) is 10.3 Å². The number of halogens is 1. The lowest BCUT2D eigenvalue weighted by molar-refractivity contribution is -0.134. The number of carboxylic acid groups (broad SMARTS) is 1. The molecule has 1 heterocycles. The van der Waals surface area contributed by atoms with Crippen molar-refractivity contribution in [2.24, 2.45) is 0 Å². The maximum Gasteiger partial charge on any atom is 0.322 e. The van der Waals surface area contributed by atoms with Crippen molar-refractivity contribution < 1.29 is 9.90 Å². The fourth-order valence-corrected chi connectivity index (χ4v) is 0.804. The maximum atomic E-state index is 10.1. The molecule has 0 spiro atoms. The van der Waals surface area contributed by atoms with Crippen LogP contribution in [0.4, 0.5) is 5.82 Å². The largest absolute Gasteiger partial charge is 0.480 e. The zero-order valence-corrected chi connectivity index (χ0v) is 6.35. The number of hydrogen-bond donors (Lipinski definition) is 3. The average Bonchev–Trinajstić information content (AvgIpc) is 2.31. The summed E-state index contributed by atoms with van der Waals surface area (Å²) >= 11 is 5.56. The lowest BCUT2D eigenvalue weighted by atomic mass is 10.5. The van der Waals surface area contributed by atoms with Crippen LogP contribution in [0.25, 0.3) is 0 Å². The molecule has 0 amide bonds. The molecule has 4 nitrogen and oxygen atoms in total. The predicted molar refractivity (Wildman–Crippen MR) is 41.9 cm³/mol. The van der Waals surface area contributed by atoms with Crippen molar-refractivity contribution in [3.8, 4) is 0 Å². The molecule has 0 bridgehead atoms. The molecule has 0 atom stereocenters. The molecule has 60 valence electrons. The van der Waals surface area contributed by atoms with Crippen LogP contribution in [0.5, 0.6) is 0 Å². The number of carbonyl (C=O) groups is 1. The molecule has 1 rings (SSSR count). The highest BCUT2D eigenvalue weighted by atomic mass is 35.5. The van der Waals surface area contributed by atoms with E-state index in [9.17, 15) is 4.79 Å². The lowest BCUT2D eigenvalue weighted by Gasteiger charge is -1.96. The van der Waals surface area contributed by atoms with Crippen LogP contribution in [-0.4, -0.2) is 22.6 Å². The van der Waals surface area contributed by atoms with E-state index in [-0.39, 0.29) is 6.54 Å². The van der Waals surface area contributed by atoms with Gasteiger partial charge in [0.1, 0.15) is 12.4 Å². The number of aliphatic carboxylic acids is 1. The van der Waals surface area contributed by atoms with E-state index in [1.165, 1.54) is 0 Å². The molecule has 1 aromatic rings. The third kappa shape index (κ3) is 2.51. The molecule has 0 aliphatic carbocycles. The quantitative estimate of drug-likeness (QED) is 0.645. The van der Waals surface area contributed by atoms with Crippen LogP contribution >= 0.6 is 11.6 Å². The van der Waals surface area contributed by atoms with Gasteiger partial charge in [0.25, 0.3) is 0 Å². The molecular weight excluding hydrogens is 168 g/mol. The second-order valence-electron chi connectivity index (χ2n) is 1.98. The highest BCUT2D eigenvalue weighted by Gasteiger charge is 1.98. The van der Waals surface area contributed by atoms with Gasteiger partial charge in [0.15, 0.2) is 0 Å². The van der Waals surface area contributed by atoms with E-state index in [0.29, 0.717) is 10.8 Å². The first-order valence-electron chi connectivity index (χ1n) is 2.98. The van der Waals surface area contributed by atoms with E-state index in [0.717, 1.165) is 0 Å². The number of carboxylic acids is 1. The van der Waals surface area contributed by atoms with E-state index in [4.69, 9.17) is 16.7 Å². The second-order valence-corrected chi connectivity index (χ2v) is 2.42. The zero-order chi connectivity index (χ0) is 8.27. The van der Waals surface area contributed by atoms with Gasteiger partial charge >= 0.3 is 5.97 Å². The Morgan fingerprint density at radius 3 is 3.00 bits per heavy atom. The van der Waals surface area contributed by atoms with E-state index >= 15 is 0 Å². The first-order valence-corrected chi connectivity index (χ1v) is 3.36. The van der Waals surface area contributed by atoms with Crippen molar-refractivity contribution in [3.63, 3.8) is 0 Å². The third-order valence-corrected chi connectivity index (χ3v) is 1.30. The average molecular weight is 175 g/mol. The van der Waals surface area contributed by atoms with Gasteiger partial charge in [0.2, 0.25) is 0 Å². The maximum absolute atomic E-state index is 10.1. The number of aromatic nitrogens is 1. The molecule has 0 fully saturated rings. The summed E-state index contributed by atoms with van der Waals surface area (Å²) in [7, 11) is 0. The van der Waals surface area contributed by atoms with Crippen LogP contribution in [-0.2, 0) is 4.79 Å². The molecule has 0 unspecified atom stereocenters. The van der Waals surface area contributed by atoms with Crippen molar-refractivity contribution in [1.29, 1.82) is 0 Å². The van der Waals surface area contributed by atoms with Gasteiger partial charge in [-0.2, -0.15) is 0 Å². The first kappa shape index (κ1) is 7.94. The van der Waals surface area contributed by atoms with Crippen molar-refractivity contribution in [3.05, 3.63) is 17.3 Å². The Labute approximate surface area is 68.2 Å². The number of aromatic amines is 1. The van der Waals surface area contributed by atoms with Crippen molar-refractivity contribution >= 4 is 23.4 Å². The number of rotatable bonds is 3. The van der Waals surface area contributed by atoms with Gasteiger partial charge in [0, 0.05) is 6.20 Å². The molecule has 0 saturated carbocycles. The Morgan fingerprint density at radius 1 is 1.82 bits per heavy atom. The third-order valence-electron chi connectivity index (χ3n) is 1.08. The smallest absolute Gasteiger partial charge is 0.322 e. The van der Waals surface area contributed by atoms with Crippen molar-refractivity contribution in [2.75, 3.05) is 11.9 Å². The molecule has 5 heteroatoms. The summed E-state index contributed by atoms with van der Waals surface area (Å²) in [6.45, 7) is -0.114. The van der Waals surface area contributed by atoms with Crippen LogP contribution in [0.2, 0.25) is 5.02 Å². The molecule has 0 aromatic carbocycles. The van der Waals surface area contributed by atoms with Crippen LogP contribution in [0.1, 0.15) is 0 Å². The molecule has 0 radical (unpaired) electrons. The molecule has 1 aromatic heterocycles. The molecule has 0 aliphatic rings. The standard InChI is InChI=1S/C6H7ClN2O2/c7-4-1-5(8-2-4)9-3-6(10)11/h1-2,8-9H,3H2,(H,10,11). The van der Waals surface area contributed by atoms with Gasteiger partial charge in [-0.1, -0.05) is 11.6 Å². The second kappa shape index (κ2) is 3.30. The summed E-state index contributed by atoms with van der Waals surface area (Å²) in [5.74, 6) is -0.298. The monoisotopic (exact) mass is 174 g/mol. The highest BCUT2D eigenvalue weighted by molar-refractivity contribution is 6.30. The molecule has 0 aliphatic heterocycles. The fourth-order valence-electron chi connectivity index (χ4n) is 0.641. The Hall–Kier alpha value is -1.16. The lowest BCUT2D eigenvalue weighted by Crippen LogP contribution is -2.12. The summed E-state index contributed by atoms with van der Waals surface area (Å²) in [6, 6.07) is 1.62. The normalized spacial score (nSPS) is 9.55. The predicted octanol–water partition coefficient (Wildman–Crippen LogP) is 1.16. The van der Waals surface area contributed by atoms with Gasteiger partial charge in [0.05, 0.1) is 5.02 Å². The zero-order valence-electron chi connectivity index (χ0n) is 5.60. The van der Waals surface area contributed by atoms with Crippen LogP contribution in [0, 0.1) is 0 Å². The molecule has 11 heavy (non-hydrogen) atoms. The minimum Gasteiger partial charge on any atom is -0.480 e. The Balaban J connectivity index is 2.45. The van der Waals surface area contributed by atoms with E-state index in [1.54, 1.807) is 12.3 Å². The summed E-state index contributed by atoms with van der Waals surface area (Å²) in [4.78, 5) is 12.8. The van der Waals surface area contributed by atoms with Gasteiger partial charge in [-0.3, -0.25) is 4.79 Å². The minimum absolute atomic E-state index is 0.114. The van der Waals surface area contributed by atoms with Crippen LogP contribution in [0.3, 0.4) is 0 Å². The van der Waals surface area contributed by atoms with Gasteiger partial charge in [-0.25, -0.2) is 0 Å².